The van der Waals surface area contributed by atoms with Crippen molar-refractivity contribution in [3.05, 3.63) is 41.5 Å². The largest absolute Gasteiger partial charge is 0.497 e. The summed E-state index contributed by atoms with van der Waals surface area (Å²) in [7, 11) is 3.69. The average molecular weight is 568 g/mol. The van der Waals surface area contributed by atoms with E-state index in [1.807, 2.05) is 30.7 Å². The molecule has 33 heavy (non-hydrogen) atoms. The molecule has 4 rings (SSSR count). The molecule has 0 amide bonds. The van der Waals surface area contributed by atoms with Gasteiger partial charge in [-0.15, -0.1) is 34.2 Å². The number of guanidine groups is 1. The van der Waals surface area contributed by atoms with Crippen molar-refractivity contribution >= 4 is 29.9 Å². The first-order valence-corrected chi connectivity index (χ1v) is 11.9. The molecule has 2 aliphatic rings. The molecule has 0 spiro atoms. The summed E-state index contributed by atoms with van der Waals surface area (Å²) in [6.45, 7) is 7.44. The van der Waals surface area contributed by atoms with Crippen LogP contribution in [0, 0.1) is 6.92 Å². The molecule has 8 nitrogen and oxygen atoms in total. The second-order valence-corrected chi connectivity index (χ2v) is 8.88. The summed E-state index contributed by atoms with van der Waals surface area (Å²) in [4.78, 5) is 10.1. The lowest BCUT2D eigenvalue weighted by Gasteiger charge is -2.41. The van der Waals surface area contributed by atoms with E-state index in [1.54, 1.807) is 7.11 Å². The fourth-order valence-electron chi connectivity index (χ4n) is 4.67. The van der Waals surface area contributed by atoms with E-state index in [1.165, 1.54) is 37.7 Å². The lowest BCUT2D eigenvalue weighted by atomic mass is 9.94. The zero-order valence-electron chi connectivity index (χ0n) is 20.2. The van der Waals surface area contributed by atoms with Crippen LogP contribution in [0.3, 0.4) is 0 Å². The number of hydrogen-bond donors (Lipinski definition) is 1. The number of halogens is 1. The van der Waals surface area contributed by atoms with Gasteiger partial charge >= 0.3 is 0 Å². The summed E-state index contributed by atoms with van der Waals surface area (Å²) in [5.41, 5.74) is 1.17. The highest BCUT2D eigenvalue weighted by Crippen LogP contribution is 2.23. The molecule has 1 aromatic heterocycles. The summed E-state index contributed by atoms with van der Waals surface area (Å²) >= 11 is 0. The zero-order valence-corrected chi connectivity index (χ0v) is 22.5. The molecule has 2 aromatic rings. The molecule has 0 atom stereocenters. The molecular formula is C24H38IN7O. The molecule has 9 heteroatoms. The van der Waals surface area contributed by atoms with E-state index in [4.69, 9.17) is 9.73 Å². The first kappa shape index (κ1) is 25.7. The smallest absolute Gasteiger partial charge is 0.194 e. The minimum absolute atomic E-state index is 0. The number of ether oxygens (including phenoxy) is 1. The van der Waals surface area contributed by atoms with E-state index in [0.29, 0.717) is 13.1 Å². The van der Waals surface area contributed by atoms with Crippen molar-refractivity contribution in [1.29, 1.82) is 0 Å². The fraction of sp³-hybridized carbons (Fsp3) is 0.625. The van der Waals surface area contributed by atoms with Gasteiger partial charge in [-0.3, -0.25) is 4.90 Å². The quantitative estimate of drug-likeness (QED) is 0.328. The van der Waals surface area contributed by atoms with Gasteiger partial charge in [-0.25, -0.2) is 4.99 Å². The Hall–Kier alpha value is -1.88. The maximum Gasteiger partial charge on any atom is 0.194 e. The number of piperazine rings is 1. The monoisotopic (exact) mass is 567 g/mol. The average Bonchev–Trinajstić information content (AvgIpc) is 3.17. The third-order valence-electron chi connectivity index (χ3n) is 6.86. The van der Waals surface area contributed by atoms with Crippen molar-refractivity contribution in [3.8, 4) is 5.75 Å². The van der Waals surface area contributed by atoms with Crippen molar-refractivity contribution in [1.82, 2.24) is 29.9 Å². The predicted octanol–water partition coefficient (Wildman–Crippen LogP) is 3.35. The zero-order chi connectivity index (χ0) is 22.3. The summed E-state index contributed by atoms with van der Waals surface area (Å²) in [5, 5.41) is 12.0. The Labute approximate surface area is 214 Å². The molecule has 1 aromatic carbocycles. The molecule has 0 bridgehead atoms. The van der Waals surface area contributed by atoms with E-state index in [9.17, 15) is 0 Å². The molecule has 0 radical (unpaired) electrons. The number of rotatable bonds is 6. The first-order chi connectivity index (χ1) is 15.6. The lowest BCUT2D eigenvalue weighted by molar-refractivity contribution is 0.106. The molecule has 2 fully saturated rings. The van der Waals surface area contributed by atoms with Crippen molar-refractivity contribution in [2.45, 2.75) is 58.2 Å². The van der Waals surface area contributed by atoms with Crippen molar-refractivity contribution < 1.29 is 4.74 Å². The lowest BCUT2D eigenvalue weighted by Crippen LogP contribution is -2.55. The van der Waals surface area contributed by atoms with Crippen LogP contribution in [0.15, 0.2) is 29.3 Å². The van der Waals surface area contributed by atoms with Gasteiger partial charge in [0, 0.05) is 39.3 Å². The number of hydrogen-bond acceptors (Lipinski definition) is 5. The van der Waals surface area contributed by atoms with Crippen LogP contribution in [0.1, 0.15) is 49.3 Å². The van der Waals surface area contributed by atoms with Crippen LogP contribution in [-0.4, -0.2) is 69.9 Å². The van der Waals surface area contributed by atoms with E-state index in [2.05, 4.69) is 37.4 Å². The maximum atomic E-state index is 5.27. The summed E-state index contributed by atoms with van der Waals surface area (Å²) in [6, 6.07) is 8.91. The van der Waals surface area contributed by atoms with E-state index in [-0.39, 0.29) is 24.0 Å². The minimum Gasteiger partial charge on any atom is -0.497 e. The van der Waals surface area contributed by atoms with Gasteiger partial charge in [0.2, 0.25) is 0 Å². The van der Waals surface area contributed by atoms with Crippen LogP contribution in [0.5, 0.6) is 5.75 Å². The number of aromatic nitrogens is 3. The number of aliphatic imine (C=N–C) groups is 1. The molecule has 1 aliphatic carbocycles. The predicted molar refractivity (Wildman–Crippen MR) is 142 cm³/mol. The van der Waals surface area contributed by atoms with Crippen LogP contribution in [0.25, 0.3) is 0 Å². The highest BCUT2D eigenvalue weighted by Gasteiger charge is 2.26. The number of aryl methyl sites for hydroxylation is 1. The van der Waals surface area contributed by atoms with Gasteiger partial charge in [0.05, 0.1) is 20.2 Å². The maximum absolute atomic E-state index is 5.27. The molecule has 1 N–H and O–H groups in total. The number of nitrogens with one attached hydrogen (secondary N) is 1. The molecule has 1 saturated heterocycles. The van der Waals surface area contributed by atoms with Gasteiger partial charge in [0.25, 0.3) is 0 Å². The first-order valence-electron chi connectivity index (χ1n) is 11.9. The highest BCUT2D eigenvalue weighted by atomic mass is 127. The summed E-state index contributed by atoms with van der Waals surface area (Å²) in [6.07, 6.45) is 6.91. The third kappa shape index (κ3) is 6.81. The van der Waals surface area contributed by atoms with Gasteiger partial charge < -0.3 is 19.5 Å². The minimum atomic E-state index is 0. The van der Waals surface area contributed by atoms with Crippen LogP contribution < -0.4 is 10.1 Å². The summed E-state index contributed by atoms with van der Waals surface area (Å²) in [5.74, 6) is 3.65. The number of nitrogens with zero attached hydrogens (tertiary/aromatic N) is 6. The molecule has 182 valence electrons. The molecular weight excluding hydrogens is 529 g/mol. The van der Waals surface area contributed by atoms with Crippen LogP contribution in [0.2, 0.25) is 0 Å². The Bertz CT molecular complexity index is 885. The van der Waals surface area contributed by atoms with Gasteiger partial charge in [0.15, 0.2) is 11.8 Å². The van der Waals surface area contributed by atoms with E-state index >= 15 is 0 Å². The van der Waals surface area contributed by atoms with Crippen LogP contribution in [-0.2, 0) is 20.1 Å². The Morgan fingerprint density at radius 3 is 2.36 bits per heavy atom. The second-order valence-electron chi connectivity index (χ2n) is 8.88. The summed E-state index contributed by atoms with van der Waals surface area (Å²) < 4.78 is 7.30. The standard InChI is InChI=1S/C24H37N7O.HI/c1-19-27-28-23(29(19)2)18-26-24(25-17-20-9-11-22(32-3)12-10-20)31-15-13-30(14-16-31)21-7-5-4-6-8-21;/h9-12,21H,4-8,13-18H2,1-3H3,(H,25,26);1H. The molecule has 0 unspecified atom stereocenters. The van der Waals surface area contributed by atoms with E-state index in [0.717, 1.165) is 55.6 Å². The van der Waals surface area contributed by atoms with Gasteiger partial charge in [-0.1, -0.05) is 31.4 Å². The Balaban J connectivity index is 0.00000306. The highest BCUT2D eigenvalue weighted by molar-refractivity contribution is 14.0. The number of methoxy groups -OCH3 is 1. The van der Waals surface area contributed by atoms with Gasteiger partial charge in [-0.05, 0) is 37.5 Å². The Kier molecular flexibility index (Phi) is 9.78. The van der Waals surface area contributed by atoms with Crippen LogP contribution >= 0.6 is 24.0 Å². The normalized spacial score (nSPS) is 18.2. The SMILES string of the molecule is COc1ccc(CN=C(NCc2nnc(C)n2C)N2CCN(C3CCCCC3)CC2)cc1.I. The molecule has 2 heterocycles. The Morgan fingerprint density at radius 1 is 1.06 bits per heavy atom. The fourth-order valence-corrected chi connectivity index (χ4v) is 4.67. The topological polar surface area (TPSA) is 70.8 Å². The van der Waals surface area contributed by atoms with Crippen molar-refractivity contribution in [2.75, 3.05) is 33.3 Å². The van der Waals surface area contributed by atoms with Crippen LogP contribution in [0.4, 0.5) is 0 Å². The van der Waals surface area contributed by atoms with Crippen molar-refractivity contribution in [3.63, 3.8) is 0 Å². The van der Waals surface area contributed by atoms with Gasteiger partial charge in [0.1, 0.15) is 11.6 Å². The van der Waals surface area contributed by atoms with Crippen molar-refractivity contribution in [2.24, 2.45) is 12.0 Å². The molecule has 1 saturated carbocycles. The molecule has 1 aliphatic heterocycles. The van der Waals surface area contributed by atoms with E-state index < -0.39 is 0 Å². The third-order valence-corrected chi connectivity index (χ3v) is 6.86. The Morgan fingerprint density at radius 2 is 1.76 bits per heavy atom. The number of benzene rings is 1. The second kappa shape index (κ2) is 12.5. The van der Waals surface area contributed by atoms with Gasteiger partial charge in [-0.2, -0.15) is 0 Å².